The summed E-state index contributed by atoms with van der Waals surface area (Å²) in [5, 5.41) is 0. The molecule has 3 atom stereocenters. The first kappa shape index (κ1) is 13.0. The molecule has 0 aromatic heterocycles. The second kappa shape index (κ2) is 4.84. The second-order valence-electron chi connectivity index (χ2n) is 6.01. The van der Waals surface area contributed by atoms with Crippen LogP contribution < -0.4 is 5.73 Å². The Balaban J connectivity index is 2.47. The number of hydrogen-bond acceptors (Lipinski definition) is 2. The van der Waals surface area contributed by atoms with Crippen molar-refractivity contribution in [2.45, 2.75) is 59.0 Å². The summed E-state index contributed by atoms with van der Waals surface area (Å²) in [6.07, 6.45) is 3.81. The third-order valence-electron chi connectivity index (χ3n) is 4.44. The first-order chi connectivity index (χ1) is 6.88. The van der Waals surface area contributed by atoms with Crippen LogP contribution in [0.4, 0.5) is 0 Å². The Hall–Kier alpha value is -0.0800. The lowest BCUT2D eigenvalue weighted by atomic mass is 9.85. The summed E-state index contributed by atoms with van der Waals surface area (Å²) in [6.45, 7) is 10.3. The van der Waals surface area contributed by atoms with Gasteiger partial charge in [-0.15, -0.1) is 0 Å². The minimum absolute atomic E-state index is 0.348. The maximum atomic E-state index is 6.32. The predicted molar refractivity (Wildman–Crippen MR) is 66.9 cm³/mol. The quantitative estimate of drug-likeness (QED) is 0.776. The van der Waals surface area contributed by atoms with Gasteiger partial charge in [-0.25, -0.2) is 0 Å². The first-order valence-electron chi connectivity index (χ1n) is 6.34. The fourth-order valence-electron chi connectivity index (χ4n) is 2.61. The van der Waals surface area contributed by atoms with Crippen LogP contribution in [-0.4, -0.2) is 30.6 Å². The van der Waals surface area contributed by atoms with E-state index in [-0.39, 0.29) is 0 Å². The SMILES string of the molecule is CCC(C)N(C)CC1CCC(C)(C)C1N. The molecular formula is C13H28N2. The lowest BCUT2D eigenvalue weighted by Crippen LogP contribution is -2.43. The standard InChI is InChI=1S/C13H28N2/c1-6-10(2)15(5)9-11-7-8-13(3,4)12(11)14/h10-12H,6-9,14H2,1-5H3. The molecule has 0 aromatic carbocycles. The zero-order valence-electron chi connectivity index (χ0n) is 11.1. The van der Waals surface area contributed by atoms with Gasteiger partial charge < -0.3 is 10.6 Å². The number of hydrogen-bond donors (Lipinski definition) is 1. The molecule has 3 unspecified atom stereocenters. The third kappa shape index (κ3) is 2.94. The Morgan fingerprint density at radius 3 is 2.47 bits per heavy atom. The van der Waals surface area contributed by atoms with E-state index in [2.05, 4.69) is 39.6 Å². The minimum atomic E-state index is 0.348. The van der Waals surface area contributed by atoms with Crippen LogP contribution in [0.5, 0.6) is 0 Å². The molecule has 0 heterocycles. The van der Waals surface area contributed by atoms with Crippen molar-refractivity contribution in [1.29, 1.82) is 0 Å². The van der Waals surface area contributed by atoms with Gasteiger partial charge >= 0.3 is 0 Å². The highest BCUT2D eigenvalue weighted by Crippen LogP contribution is 2.40. The van der Waals surface area contributed by atoms with Crippen LogP contribution in [0.15, 0.2) is 0 Å². The van der Waals surface area contributed by atoms with Crippen LogP contribution in [0.1, 0.15) is 47.0 Å². The van der Waals surface area contributed by atoms with Gasteiger partial charge in [-0.05, 0) is 44.6 Å². The van der Waals surface area contributed by atoms with Crippen molar-refractivity contribution in [1.82, 2.24) is 4.90 Å². The van der Waals surface area contributed by atoms with E-state index >= 15 is 0 Å². The highest BCUT2D eigenvalue weighted by molar-refractivity contribution is 4.95. The van der Waals surface area contributed by atoms with Gasteiger partial charge in [0, 0.05) is 18.6 Å². The van der Waals surface area contributed by atoms with Gasteiger partial charge in [-0.3, -0.25) is 0 Å². The molecule has 0 amide bonds. The van der Waals surface area contributed by atoms with Gasteiger partial charge in [-0.2, -0.15) is 0 Å². The summed E-state index contributed by atoms with van der Waals surface area (Å²) in [7, 11) is 2.23. The monoisotopic (exact) mass is 212 g/mol. The van der Waals surface area contributed by atoms with E-state index in [0.29, 0.717) is 23.4 Å². The topological polar surface area (TPSA) is 29.3 Å². The lowest BCUT2D eigenvalue weighted by Gasteiger charge is -2.31. The number of nitrogens with zero attached hydrogens (tertiary/aromatic N) is 1. The summed E-state index contributed by atoms with van der Waals surface area (Å²) in [5.41, 5.74) is 6.67. The van der Waals surface area contributed by atoms with Crippen molar-refractivity contribution in [3.63, 3.8) is 0 Å². The van der Waals surface area contributed by atoms with Gasteiger partial charge in [0.05, 0.1) is 0 Å². The Morgan fingerprint density at radius 2 is 2.07 bits per heavy atom. The highest BCUT2D eigenvalue weighted by atomic mass is 15.1. The Labute approximate surface area is 95.2 Å². The molecule has 1 rings (SSSR count). The average Bonchev–Trinajstić information content (AvgIpc) is 2.44. The molecule has 1 aliphatic rings. The van der Waals surface area contributed by atoms with E-state index in [1.54, 1.807) is 0 Å². The summed E-state index contributed by atoms with van der Waals surface area (Å²) < 4.78 is 0. The normalized spacial score (nSPS) is 32.2. The van der Waals surface area contributed by atoms with Gasteiger partial charge in [0.2, 0.25) is 0 Å². The molecule has 0 aliphatic heterocycles. The zero-order chi connectivity index (χ0) is 11.6. The maximum absolute atomic E-state index is 6.32. The van der Waals surface area contributed by atoms with E-state index in [0.717, 1.165) is 0 Å². The van der Waals surface area contributed by atoms with Gasteiger partial charge in [0.1, 0.15) is 0 Å². The molecule has 0 spiro atoms. The summed E-state index contributed by atoms with van der Waals surface area (Å²) in [6, 6.07) is 1.06. The smallest absolute Gasteiger partial charge is 0.0131 e. The van der Waals surface area contributed by atoms with Crippen molar-refractivity contribution in [3.8, 4) is 0 Å². The molecule has 0 saturated heterocycles. The van der Waals surface area contributed by atoms with Gasteiger partial charge in [-0.1, -0.05) is 20.8 Å². The Bertz CT molecular complexity index is 201. The van der Waals surface area contributed by atoms with Crippen LogP contribution in [0.2, 0.25) is 0 Å². The van der Waals surface area contributed by atoms with E-state index in [9.17, 15) is 0 Å². The molecule has 0 bridgehead atoms. The first-order valence-corrected chi connectivity index (χ1v) is 6.34. The molecule has 90 valence electrons. The maximum Gasteiger partial charge on any atom is 0.0131 e. The molecule has 1 aliphatic carbocycles. The average molecular weight is 212 g/mol. The fourth-order valence-corrected chi connectivity index (χ4v) is 2.61. The largest absolute Gasteiger partial charge is 0.327 e. The lowest BCUT2D eigenvalue weighted by molar-refractivity contribution is 0.192. The Kier molecular flexibility index (Phi) is 4.19. The molecule has 0 radical (unpaired) electrons. The summed E-state index contributed by atoms with van der Waals surface area (Å²) in [5.74, 6) is 0.694. The summed E-state index contributed by atoms with van der Waals surface area (Å²) in [4.78, 5) is 2.46. The van der Waals surface area contributed by atoms with Crippen LogP contribution >= 0.6 is 0 Å². The third-order valence-corrected chi connectivity index (χ3v) is 4.44. The molecular weight excluding hydrogens is 184 g/mol. The molecule has 15 heavy (non-hydrogen) atoms. The van der Waals surface area contributed by atoms with E-state index in [1.165, 1.54) is 25.8 Å². The van der Waals surface area contributed by atoms with Crippen molar-refractivity contribution in [2.24, 2.45) is 17.1 Å². The van der Waals surface area contributed by atoms with Gasteiger partial charge in [0.15, 0.2) is 0 Å². The van der Waals surface area contributed by atoms with Crippen LogP contribution in [0.3, 0.4) is 0 Å². The van der Waals surface area contributed by atoms with Crippen LogP contribution in [0, 0.1) is 11.3 Å². The van der Waals surface area contributed by atoms with Crippen molar-refractivity contribution in [2.75, 3.05) is 13.6 Å². The molecule has 1 saturated carbocycles. The number of rotatable bonds is 4. The van der Waals surface area contributed by atoms with Gasteiger partial charge in [0.25, 0.3) is 0 Å². The van der Waals surface area contributed by atoms with E-state index in [1.807, 2.05) is 0 Å². The van der Waals surface area contributed by atoms with Crippen LogP contribution in [-0.2, 0) is 0 Å². The Morgan fingerprint density at radius 1 is 1.47 bits per heavy atom. The minimum Gasteiger partial charge on any atom is -0.327 e. The molecule has 2 nitrogen and oxygen atoms in total. The van der Waals surface area contributed by atoms with Crippen molar-refractivity contribution >= 4 is 0 Å². The molecule has 1 fully saturated rings. The predicted octanol–water partition coefficient (Wildman–Crippen LogP) is 2.48. The molecule has 2 heteroatoms. The van der Waals surface area contributed by atoms with Crippen molar-refractivity contribution in [3.05, 3.63) is 0 Å². The van der Waals surface area contributed by atoms with Crippen LogP contribution in [0.25, 0.3) is 0 Å². The molecule has 2 N–H and O–H groups in total. The van der Waals surface area contributed by atoms with E-state index < -0.39 is 0 Å². The second-order valence-corrected chi connectivity index (χ2v) is 6.01. The highest BCUT2D eigenvalue weighted by Gasteiger charge is 2.39. The van der Waals surface area contributed by atoms with Crippen molar-refractivity contribution < 1.29 is 0 Å². The van der Waals surface area contributed by atoms with E-state index in [4.69, 9.17) is 5.73 Å². The number of nitrogens with two attached hydrogens (primary N) is 1. The zero-order valence-corrected chi connectivity index (χ0v) is 11.1. The summed E-state index contributed by atoms with van der Waals surface area (Å²) >= 11 is 0. The molecule has 0 aromatic rings. The fraction of sp³-hybridized carbons (Fsp3) is 1.00.